The molecule has 3 rings (SSSR count). The number of amides is 2. The number of rotatable bonds is 1. The number of fused-ring (bicyclic) bond motifs is 1. The number of hydrogen-bond acceptors (Lipinski definition) is 4. The van der Waals surface area contributed by atoms with Gasteiger partial charge in [-0.25, -0.2) is 0 Å². The fourth-order valence-electron chi connectivity index (χ4n) is 3.11. The van der Waals surface area contributed by atoms with E-state index in [0.717, 1.165) is 31.0 Å². The molecule has 1 aromatic rings. The Kier molecular flexibility index (Phi) is 3.19. The second-order valence-corrected chi connectivity index (χ2v) is 5.44. The van der Waals surface area contributed by atoms with Crippen LogP contribution in [0.15, 0.2) is 0 Å². The molecule has 3 heterocycles. The lowest BCUT2D eigenvalue weighted by atomic mass is 10.2. The lowest BCUT2D eigenvalue weighted by Gasteiger charge is -2.29. The summed E-state index contributed by atoms with van der Waals surface area (Å²) >= 11 is 0. The first-order valence-corrected chi connectivity index (χ1v) is 7.02. The topological polar surface area (TPSA) is 71.3 Å². The van der Waals surface area contributed by atoms with E-state index in [1.54, 1.807) is 18.7 Å². The molecule has 0 radical (unpaired) electrons. The van der Waals surface area contributed by atoms with E-state index in [0.29, 0.717) is 19.6 Å². The molecule has 1 fully saturated rings. The quantitative estimate of drug-likeness (QED) is 0.741. The van der Waals surface area contributed by atoms with Gasteiger partial charge in [-0.1, -0.05) is 0 Å². The van der Waals surface area contributed by atoms with Gasteiger partial charge >= 0.3 is 0 Å². The van der Waals surface area contributed by atoms with E-state index in [4.69, 9.17) is 0 Å². The van der Waals surface area contributed by atoms with Crippen molar-refractivity contribution >= 4 is 11.8 Å². The highest BCUT2D eigenvalue weighted by atomic mass is 16.2. The average molecular weight is 277 g/mol. The van der Waals surface area contributed by atoms with Crippen molar-refractivity contribution in [2.45, 2.75) is 45.8 Å². The maximum absolute atomic E-state index is 11.7. The van der Waals surface area contributed by atoms with Gasteiger partial charge in [0.25, 0.3) is 0 Å². The molecule has 0 aliphatic carbocycles. The highest BCUT2D eigenvalue weighted by molar-refractivity contribution is 5.74. The van der Waals surface area contributed by atoms with Gasteiger partial charge in [0.2, 0.25) is 11.8 Å². The fourth-order valence-corrected chi connectivity index (χ4v) is 3.11. The second kappa shape index (κ2) is 4.88. The van der Waals surface area contributed by atoms with Crippen LogP contribution in [-0.2, 0) is 22.7 Å². The number of likely N-dealkylation sites (tertiary alicyclic amines) is 1. The molecule has 20 heavy (non-hydrogen) atoms. The van der Waals surface area contributed by atoms with Crippen LogP contribution in [0.1, 0.15) is 44.4 Å². The van der Waals surface area contributed by atoms with Crippen LogP contribution in [0.2, 0.25) is 0 Å². The van der Waals surface area contributed by atoms with Gasteiger partial charge in [-0.3, -0.25) is 9.59 Å². The van der Waals surface area contributed by atoms with Crippen LogP contribution in [0.3, 0.4) is 0 Å². The van der Waals surface area contributed by atoms with Gasteiger partial charge in [0, 0.05) is 33.5 Å². The van der Waals surface area contributed by atoms with Crippen molar-refractivity contribution in [2.24, 2.45) is 0 Å². The summed E-state index contributed by atoms with van der Waals surface area (Å²) in [6.07, 6.45) is 1.94. The van der Waals surface area contributed by atoms with Crippen molar-refractivity contribution in [3.05, 3.63) is 11.6 Å². The summed E-state index contributed by atoms with van der Waals surface area (Å²) in [7, 11) is 0. The zero-order valence-corrected chi connectivity index (χ0v) is 11.9. The van der Waals surface area contributed by atoms with Crippen LogP contribution in [0.25, 0.3) is 0 Å². The summed E-state index contributed by atoms with van der Waals surface area (Å²) in [5.74, 6) is 1.84. The summed E-state index contributed by atoms with van der Waals surface area (Å²) in [5.41, 5.74) is 0. The standard InChI is InChI=1S/C13H19N5O2/c1-9(19)16-6-7-18-12(8-16)14-15-13(18)11-4-3-5-17(11)10(2)20/h11H,3-8H2,1-2H3. The summed E-state index contributed by atoms with van der Waals surface area (Å²) < 4.78 is 2.07. The van der Waals surface area contributed by atoms with E-state index in [1.165, 1.54) is 0 Å². The highest BCUT2D eigenvalue weighted by Gasteiger charge is 2.34. The number of aromatic nitrogens is 3. The van der Waals surface area contributed by atoms with Gasteiger partial charge in [-0.05, 0) is 12.8 Å². The Hall–Kier alpha value is -1.92. The van der Waals surface area contributed by atoms with Gasteiger partial charge in [0.1, 0.15) is 0 Å². The van der Waals surface area contributed by atoms with E-state index >= 15 is 0 Å². The molecule has 1 saturated heterocycles. The zero-order valence-electron chi connectivity index (χ0n) is 11.9. The predicted molar refractivity (Wildman–Crippen MR) is 70.5 cm³/mol. The molecule has 108 valence electrons. The molecule has 2 amide bonds. The number of nitrogens with zero attached hydrogens (tertiary/aromatic N) is 5. The molecule has 2 aliphatic heterocycles. The molecule has 2 aliphatic rings. The third kappa shape index (κ3) is 2.07. The van der Waals surface area contributed by atoms with Crippen molar-refractivity contribution in [1.29, 1.82) is 0 Å². The Morgan fingerprint density at radius 2 is 1.90 bits per heavy atom. The van der Waals surface area contributed by atoms with Crippen LogP contribution in [0.4, 0.5) is 0 Å². The first-order valence-electron chi connectivity index (χ1n) is 7.02. The Morgan fingerprint density at radius 3 is 2.60 bits per heavy atom. The van der Waals surface area contributed by atoms with Crippen molar-refractivity contribution in [2.75, 3.05) is 13.1 Å². The van der Waals surface area contributed by atoms with E-state index < -0.39 is 0 Å². The minimum atomic E-state index is 0.0395. The predicted octanol–water partition coefficient (Wildman–Crippen LogP) is 0.324. The fraction of sp³-hybridized carbons (Fsp3) is 0.692. The molecule has 0 saturated carbocycles. The molecule has 7 nitrogen and oxygen atoms in total. The lowest BCUT2D eigenvalue weighted by Crippen LogP contribution is -2.38. The summed E-state index contributed by atoms with van der Waals surface area (Å²) in [6, 6.07) is 0.0395. The SMILES string of the molecule is CC(=O)N1CCn2c(nnc2C2CCCN2C(C)=O)C1. The van der Waals surface area contributed by atoms with Gasteiger partial charge < -0.3 is 14.4 Å². The summed E-state index contributed by atoms with van der Waals surface area (Å²) in [4.78, 5) is 26.7. The monoisotopic (exact) mass is 277 g/mol. The molecule has 0 spiro atoms. The van der Waals surface area contributed by atoms with Crippen LogP contribution in [0, 0.1) is 0 Å². The van der Waals surface area contributed by atoms with Crippen molar-refractivity contribution in [3.63, 3.8) is 0 Å². The number of carbonyl (C=O) groups excluding carboxylic acids is 2. The molecule has 7 heteroatoms. The number of hydrogen-bond donors (Lipinski definition) is 0. The number of carbonyl (C=O) groups is 2. The van der Waals surface area contributed by atoms with E-state index in [9.17, 15) is 9.59 Å². The maximum Gasteiger partial charge on any atom is 0.220 e. The molecular formula is C13H19N5O2. The smallest absolute Gasteiger partial charge is 0.220 e. The minimum Gasteiger partial charge on any atom is -0.334 e. The summed E-state index contributed by atoms with van der Waals surface area (Å²) in [6.45, 7) is 5.86. The van der Waals surface area contributed by atoms with Crippen LogP contribution in [0.5, 0.6) is 0 Å². The molecule has 1 aromatic heterocycles. The lowest BCUT2D eigenvalue weighted by molar-refractivity contribution is -0.130. The van der Waals surface area contributed by atoms with Crippen molar-refractivity contribution in [3.8, 4) is 0 Å². The van der Waals surface area contributed by atoms with Crippen LogP contribution >= 0.6 is 0 Å². The van der Waals surface area contributed by atoms with Gasteiger partial charge in [-0.2, -0.15) is 0 Å². The highest BCUT2D eigenvalue weighted by Crippen LogP contribution is 2.31. The van der Waals surface area contributed by atoms with Gasteiger partial charge in [-0.15, -0.1) is 10.2 Å². The van der Waals surface area contributed by atoms with E-state index in [1.807, 2.05) is 4.90 Å². The minimum absolute atomic E-state index is 0.0395. The van der Waals surface area contributed by atoms with Crippen LogP contribution < -0.4 is 0 Å². The van der Waals surface area contributed by atoms with Gasteiger partial charge in [0.05, 0.1) is 12.6 Å². The van der Waals surface area contributed by atoms with Crippen molar-refractivity contribution in [1.82, 2.24) is 24.6 Å². The first kappa shape index (κ1) is 13.1. The third-order valence-electron chi connectivity index (χ3n) is 4.18. The first-order chi connectivity index (χ1) is 9.58. The molecule has 0 N–H and O–H groups in total. The molecule has 1 unspecified atom stereocenters. The summed E-state index contributed by atoms with van der Waals surface area (Å²) in [5, 5.41) is 8.50. The Labute approximate surface area is 117 Å². The normalized spacial score (nSPS) is 22.0. The second-order valence-electron chi connectivity index (χ2n) is 5.44. The molecule has 0 bridgehead atoms. The Bertz CT molecular complexity index is 553. The Balaban J connectivity index is 1.87. The Morgan fingerprint density at radius 1 is 1.10 bits per heavy atom. The molecule has 0 aromatic carbocycles. The van der Waals surface area contributed by atoms with Crippen molar-refractivity contribution < 1.29 is 9.59 Å². The zero-order chi connectivity index (χ0) is 14.3. The third-order valence-corrected chi connectivity index (χ3v) is 4.18. The molecular weight excluding hydrogens is 258 g/mol. The van der Waals surface area contributed by atoms with Crippen LogP contribution in [-0.4, -0.2) is 49.5 Å². The van der Waals surface area contributed by atoms with E-state index in [2.05, 4.69) is 14.8 Å². The largest absolute Gasteiger partial charge is 0.334 e. The average Bonchev–Trinajstić information content (AvgIpc) is 3.03. The van der Waals surface area contributed by atoms with E-state index in [-0.39, 0.29) is 17.9 Å². The van der Waals surface area contributed by atoms with Gasteiger partial charge in [0.15, 0.2) is 11.6 Å². The molecule has 1 atom stereocenters. The maximum atomic E-state index is 11.7.